The fourth-order valence-corrected chi connectivity index (χ4v) is 2.02. The number of hydrogen-bond donors (Lipinski definition) is 1. The molecule has 5 nitrogen and oxygen atoms in total. The summed E-state index contributed by atoms with van der Waals surface area (Å²) in [5, 5.41) is 15.9. The minimum atomic E-state index is 0.780. The van der Waals surface area contributed by atoms with Gasteiger partial charge in [-0.3, -0.25) is 0 Å². The van der Waals surface area contributed by atoms with Crippen molar-refractivity contribution in [2.24, 2.45) is 0 Å². The molecule has 1 N–H and O–H groups in total. The van der Waals surface area contributed by atoms with Gasteiger partial charge < -0.3 is 5.32 Å². The van der Waals surface area contributed by atoms with Crippen LogP contribution in [0.25, 0.3) is 17.1 Å². The van der Waals surface area contributed by atoms with Crippen molar-refractivity contribution in [3.8, 4) is 17.1 Å². The van der Waals surface area contributed by atoms with Gasteiger partial charge in [0.15, 0.2) is 0 Å². The molecule has 2 aromatic heterocycles. The van der Waals surface area contributed by atoms with Crippen LogP contribution in [0.4, 0.5) is 5.82 Å². The highest BCUT2D eigenvalue weighted by Crippen LogP contribution is 2.20. The van der Waals surface area contributed by atoms with E-state index >= 15 is 0 Å². The summed E-state index contributed by atoms with van der Waals surface area (Å²) in [6.45, 7) is 2.86. The Morgan fingerprint density at radius 1 is 1.00 bits per heavy atom. The molecule has 2 heterocycles. The summed E-state index contributed by atoms with van der Waals surface area (Å²) in [5.41, 5.74) is 2.73. The van der Waals surface area contributed by atoms with Crippen LogP contribution in [0, 0.1) is 0 Å². The number of nitrogens with zero attached hydrogens (tertiary/aromatic N) is 4. The first-order valence-corrected chi connectivity index (χ1v) is 6.56. The second kappa shape index (κ2) is 5.52. The monoisotopic (exact) mass is 265 g/mol. The molecule has 0 aliphatic rings. The molecule has 0 aliphatic carbocycles. The normalized spacial score (nSPS) is 10.4. The van der Waals surface area contributed by atoms with E-state index in [1.54, 1.807) is 6.20 Å². The molecule has 100 valence electrons. The number of para-hydroxylation sites is 1. The third kappa shape index (κ3) is 2.38. The average Bonchev–Trinajstić information content (AvgIpc) is 2.99. The van der Waals surface area contributed by atoms with E-state index in [4.69, 9.17) is 0 Å². The summed E-state index contributed by atoms with van der Waals surface area (Å²) in [7, 11) is 0. The third-order valence-electron chi connectivity index (χ3n) is 2.93. The Labute approximate surface area is 117 Å². The van der Waals surface area contributed by atoms with Gasteiger partial charge in [0.05, 0.1) is 17.6 Å². The Hall–Kier alpha value is -2.69. The van der Waals surface area contributed by atoms with Crippen LogP contribution in [0.15, 0.2) is 54.7 Å². The van der Waals surface area contributed by atoms with E-state index in [0.29, 0.717) is 0 Å². The van der Waals surface area contributed by atoms with Crippen molar-refractivity contribution < 1.29 is 0 Å². The minimum absolute atomic E-state index is 0.780. The van der Waals surface area contributed by atoms with Gasteiger partial charge in [0.2, 0.25) is 0 Å². The van der Waals surface area contributed by atoms with Crippen LogP contribution in [-0.4, -0.2) is 26.5 Å². The van der Waals surface area contributed by atoms with Gasteiger partial charge in [0.1, 0.15) is 11.5 Å². The van der Waals surface area contributed by atoms with E-state index < -0.39 is 0 Å². The summed E-state index contributed by atoms with van der Waals surface area (Å²) >= 11 is 0. The second-order valence-corrected chi connectivity index (χ2v) is 4.30. The number of rotatable bonds is 4. The van der Waals surface area contributed by atoms with Gasteiger partial charge in [-0.05, 0) is 37.3 Å². The predicted octanol–water partition coefficient (Wildman–Crippen LogP) is 2.76. The van der Waals surface area contributed by atoms with Gasteiger partial charge in [0.25, 0.3) is 0 Å². The van der Waals surface area contributed by atoms with Gasteiger partial charge in [-0.15, -0.1) is 10.2 Å². The molecule has 0 saturated heterocycles. The number of benzene rings is 1. The fraction of sp³-hybridized carbons (Fsp3) is 0.133. The molecule has 0 atom stereocenters. The highest BCUT2D eigenvalue weighted by atomic mass is 15.3. The van der Waals surface area contributed by atoms with Gasteiger partial charge in [-0.2, -0.15) is 5.10 Å². The van der Waals surface area contributed by atoms with E-state index in [1.165, 1.54) is 0 Å². The maximum atomic E-state index is 4.35. The predicted molar refractivity (Wildman–Crippen MR) is 78.8 cm³/mol. The van der Waals surface area contributed by atoms with Gasteiger partial charge in [-0.25, -0.2) is 4.68 Å². The SMILES string of the molecule is CCNc1ccc(-c2ccnn2-c2ccccc2)nn1. The average molecular weight is 265 g/mol. The lowest BCUT2D eigenvalue weighted by atomic mass is 10.2. The Bertz CT molecular complexity index is 673. The Balaban J connectivity index is 1.97. The van der Waals surface area contributed by atoms with Crippen molar-refractivity contribution in [3.63, 3.8) is 0 Å². The summed E-state index contributed by atoms with van der Waals surface area (Å²) < 4.78 is 1.86. The van der Waals surface area contributed by atoms with E-state index in [2.05, 4.69) is 20.6 Å². The first-order valence-electron chi connectivity index (χ1n) is 6.56. The lowest BCUT2D eigenvalue weighted by molar-refractivity contribution is 0.877. The van der Waals surface area contributed by atoms with Gasteiger partial charge in [-0.1, -0.05) is 18.2 Å². The molecule has 0 aliphatic heterocycles. The van der Waals surface area contributed by atoms with Crippen molar-refractivity contribution >= 4 is 5.82 Å². The molecule has 0 saturated carbocycles. The van der Waals surface area contributed by atoms with Crippen LogP contribution in [0.3, 0.4) is 0 Å². The zero-order valence-corrected chi connectivity index (χ0v) is 11.2. The molecule has 0 amide bonds. The number of anilines is 1. The summed E-state index contributed by atoms with van der Waals surface area (Å²) in [4.78, 5) is 0. The molecule has 5 heteroatoms. The molecule has 20 heavy (non-hydrogen) atoms. The van der Waals surface area contributed by atoms with Crippen molar-refractivity contribution in [3.05, 3.63) is 54.7 Å². The summed E-state index contributed by atoms with van der Waals surface area (Å²) in [6.07, 6.45) is 1.77. The molecule has 0 spiro atoms. The zero-order valence-electron chi connectivity index (χ0n) is 11.2. The van der Waals surface area contributed by atoms with Crippen LogP contribution in [-0.2, 0) is 0 Å². The number of nitrogens with one attached hydrogen (secondary N) is 1. The van der Waals surface area contributed by atoms with E-state index in [-0.39, 0.29) is 0 Å². The Morgan fingerprint density at radius 2 is 1.85 bits per heavy atom. The standard InChI is InChI=1S/C15H15N5/c1-2-16-15-9-8-13(18-19-15)14-10-11-17-20(14)12-6-4-3-5-7-12/h3-11H,2H2,1H3,(H,16,19). The number of hydrogen-bond acceptors (Lipinski definition) is 4. The molecule has 0 bridgehead atoms. The molecular formula is C15H15N5. The fourth-order valence-electron chi connectivity index (χ4n) is 2.02. The molecule has 3 rings (SSSR count). The Morgan fingerprint density at radius 3 is 2.55 bits per heavy atom. The minimum Gasteiger partial charge on any atom is -0.369 e. The highest BCUT2D eigenvalue weighted by molar-refractivity contribution is 5.58. The quantitative estimate of drug-likeness (QED) is 0.788. The number of aromatic nitrogens is 4. The third-order valence-corrected chi connectivity index (χ3v) is 2.93. The topological polar surface area (TPSA) is 55.6 Å². The Kier molecular flexibility index (Phi) is 3.41. The summed E-state index contributed by atoms with van der Waals surface area (Å²) in [6, 6.07) is 15.8. The van der Waals surface area contributed by atoms with Crippen LogP contribution in [0.5, 0.6) is 0 Å². The van der Waals surface area contributed by atoms with Crippen molar-refractivity contribution in [2.45, 2.75) is 6.92 Å². The van der Waals surface area contributed by atoms with Crippen molar-refractivity contribution in [2.75, 3.05) is 11.9 Å². The van der Waals surface area contributed by atoms with Crippen LogP contribution >= 0.6 is 0 Å². The van der Waals surface area contributed by atoms with Crippen molar-refractivity contribution in [1.82, 2.24) is 20.0 Å². The maximum Gasteiger partial charge on any atom is 0.148 e. The van der Waals surface area contributed by atoms with Crippen LogP contribution < -0.4 is 5.32 Å². The van der Waals surface area contributed by atoms with Crippen LogP contribution in [0.2, 0.25) is 0 Å². The smallest absolute Gasteiger partial charge is 0.148 e. The lowest BCUT2D eigenvalue weighted by Crippen LogP contribution is -2.03. The highest BCUT2D eigenvalue weighted by Gasteiger charge is 2.08. The summed E-state index contributed by atoms with van der Waals surface area (Å²) in [5.74, 6) is 0.780. The first-order chi connectivity index (χ1) is 9.88. The van der Waals surface area contributed by atoms with E-state index in [0.717, 1.165) is 29.4 Å². The zero-order chi connectivity index (χ0) is 13.8. The lowest BCUT2D eigenvalue weighted by Gasteiger charge is -2.07. The molecule has 0 unspecified atom stereocenters. The molecule has 0 radical (unpaired) electrons. The largest absolute Gasteiger partial charge is 0.369 e. The first kappa shape index (κ1) is 12.3. The molecular weight excluding hydrogens is 250 g/mol. The molecule has 1 aromatic carbocycles. The maximum absolute atomic E-state index is 4.35. The van der Waals surface area contributed by atoms with Crippen molar-refractivity contribution in [1.29, 1.82) is 0 Å². The van der Waals surface area contributed by atoms with Gasteiger partial charge in [0, 0.05) is 6.54 Å². The molecule has 3 aromatic rings. The molecule has 0 fully saturated rings. The van der Waals surface area contributed by atoms with E-state index in [9.17, 15) is 0 Å². The van der Waals surface area contributed by atoms with E-state index in [1.807, 2.05) is 60.1 Å². The second-order valence-electron chi connectivity index (χ2n) is 4.30. The van der Waals surface area contributed by atoms with Crippen LogP contribution in [0.1, 0.15) is 6.92 Å². The van der Waals surface area contributed by atoms with Gasteiger partial charge >= 0.3 is 0 Å².